The second-order valence-electron chi connectivity index (χ2n) is 6.14. The molecule has 1 heterocycles. The summed E-state index contributed by atoms with van der Waals surface area (Å²) >= 11 is -2.00. The van der Waals surface area contributed by atoms with Gasteiger partial charge in [-0.2, -0.15) is 22.5 Å². The molecule has 0 aliphatic carbocycles. The molecular formula is C19H14F3N3O3S. The Balaban J connectivity index is 1.99. The molecule has 1 unspecified atom stereocenters. The Hall–Kier alpha value is -3.11. The fraction of sp³-hybridized carbons (Fsp3) is 0.105. The largest absolute Gasteiger partial charge is 0.497 e. The van der Waals surface area contributed by atoms with Crippen LogP contribution in [0.5, 0.6) is 11.5 Å². The predicted molar refractivity (Wildman–Crippen MR) is 103 cm³/mol. The van der Waals surface area contributed by atoms with Gasteiger partial charge in [-0.25, -0.2) is 9.82 Å². The van der Waals surface area contributed by atoms with E-state index in [9.17, 15) is 17.4 Å². The van der Waals surface area contributed by atoms with Gasteiger partial charge < -0.3 is 8.92 Å². The van der Waals surface area contributed by atoms with Gasteiger partial charge in [0, 0.05) is 10.8 Å². The molecule has 0 aliphatic rings. The monoisotopic (exact) mass is 421 g/mol. The van der Waals surface area contributed by atoms with Crippen molar-refractivity contribution in [1.29, 1.82) is 0 Å². The molecule has 150 valence electrons. The number of rotatable bonds is 4. The Kier molecular flexibility index (Phi) is 4.67. The van der Waals surface area contributed by atoms with Crippen molar-refractivity contribution in [1.82, 2.24) is 9.78 Å². The molecule has 0 saturated heterocycles. The number of hydrogen-bond donors (Lipinski definition) is 1. The first-order valence-corrected chi connectivity index (χ1v) is 9.43. The van der Waals surface area contributed by atoms with Gasteiger partial charge in [0.1, 0.15) is 11.5 Å². The molecule has 0 amide bonds. The molecule has 0 radical (unpaired) electrons. The zero-order valence-corrected chi connectivity index (χ0v) is 15.8. The molecule has 2 N–H and O–H groups in total. The number of ether oxygens (including phenoxy) is 1. The molecule has 0 fully saturated rings. The summed E-state index contributed by atoms with van der Waals surface area (Å²) < 4.78 is 63.1. The molecule has 0 aliphatic heterocycles. The minimum absolute atomic E-state index is 0.0152. The van der Waals surface area contributed by atoms with Crippen LogP contribution in [0.15, 0.2) is 54.6 Å². The average molecular weight is 421 g/mol. The van der Waals surface area contributed by atoms with E-state index in [1.54, 1.807) is 24.3 Å². The van der Waals surface area contributed by atoms with Crippen molar-refractivity contribution in [3.63, 3.8) is 0 Å². The smallest absolute Gasteiger partial charge is 0.435 e. The van der Waals surface area contributed by atoms with E-state index in [4.69, 9.17) is 14.1 Å². The van der Waals surface area contributed by atoms with Gasteiger partial charge in [-0.05, 0) is 53.9 Å². The summed E-state index contributed by atoms with van der Waals surface area (Å²) in [6.07, 6.45) is -4.62. The van der Waals surface area contributed by atoms with Gasteiger partial charge in [-0.15, -0.1) is 0 Å². The Bertz CT molecular complexity index is 1240. The number of benzene rings is 3. The highest BCUT2D eigenvalue weighted by Crippen LogP contribution is 2.38. The SMILES string of the molecule is COc1ccc2c(ccc3c(C(F)(F)F)nn(-c4ccc(OS(N)=O)cc4)c32)c1. The normalized spacial score (nSPS) is 13.0. The lowest BCUT2D eigenvalue weighted by Crippen LogP contribution is -2.10. The third-order valence-electron chi connectivity index (χ3n) is 4.39. The van der Waals surface area contributed by atoms with Crippen LogP contribution in [0.4, 0.5) is 13.2 Å². The zero-order chi connectivity index (χ0) is 20.8. The Morgan fingerprint density at radius 3 is 2.28 bits per heavy atom. The molecule has 29 heavy (non-hydrogen) atoms. The van der Waals surface area contributed by atoms with Crippen LogP contribution in [0.1, 0.15) is 5.69 Å². The van der Waals surface area contributed by atoms with Crippen LogP contribution in [0.3, 0.4) is 0 Å². The van der Waals surface area contributed by atoms with Crippen LogP contribution >= 0.6 is 0 Å². The maximum Gasteiger partial charge on any atom is 0.435 e. The minimum atomic E-state index is -4.62. The van der Waals surface area contributed by atoms with Gasteiger partial charge in [0.05, 0.1) is 18.3 Å². The van der Waals surface area contributed by atoms with Crippen molar-refractivity contribution in [2.75, 3.05) is 7.11 Å². The second-order valence-corrected chi connectivity index (χ2v) is 6.83. The summed E-state index contributed by atoms with van der Waals surface area (Å²) in [7, 11) is 1.52. The molecule has 0 bridgehead atoms. The topological polar surface area (TPSA) is 79.4 Å². The summed E-state index contributed by atoms with van der Waals surface area (Å²) in [6, 6.07) is 14.1. The summed E-state index contributed by atoms with van der Waals surface area (Å²) in [5.74, 6) is 0.812. The number of fused-ring (bicyclic) bond motifs is 3. The lowest BCUT2D eigenvalue weighted by Gasteiger charge is -2.08. The van der Waals surface area contributed by atoms with Gasteiger partial charge in [0.15, 0.2) is 5.69 Å². The van der Waals surface area contributed by atoms with Crippen molar-refractivity contribution in [3.8, 4) is 17.2 Å². The first-order valence-electron chi connectivity index (χ1n) is 8.29. The third-order valence-corrected chi connectivity index (χ3v) is 4.75. The van der Waals surface area contributed by atoms with E-state index < -0.39 is 23.1 Å². The highest BCUT2D eigenvalue weighted by atomic mass is 32.2. The van der Waals surface area contributed by atoms with Crippen LogP contribution in [-0.2, 0) is 17.4 Å². The molecule has 1 aromatic heterocycles. The van der Waals surface area contributed by atoms with Crippen LogP contribution in [0, 0.1) is 0 Å². The van der Waals surface area contributed by atoms with Crippen LogP contribution < -0.4 is 14.1 Å². The molecule has 4 aromatic rings. The number of nitrogens with zero attached hydrogens (tertiary/aromatic N) is 2. The fourth-order valence-electron chi connectivity index (χ4n) is 3.18. The van der Waals surface area contributed by atoms with E-state index in [-0.39, 0.29) is 11.1 Å². The Morgan fingerprint density at radius 2 is 1.66 bits per heavy atom. The molecule has 0 saturated carbocycles. The number of hydrogen-bond acceptors (Lipinski definition) is 4. The van der Waals surface area contributed by atoms with E-state index in [0.29, 0.717) is 27.7 Å². The molecule has 0 spiro atoms. The number of aromatic nitrogens is 2. The number of nitrogens with two attached hydrogens (primary N) is 1. The number of halogens is 3. The Labute approximate surface area is 165 Å². The molecule has 6 nitrogen and oxygen atoms in total. The highest BCUT2D eigenvalue weighted by molar-refractivity contribution is 7.78. The van der Waals surface area contributed by atoms with Crippen LogP contribution in [-0.4, -0.2) is 21.1 Å². The molecule has 10 heteroatoms. The third kappa shape index (κ3) is 3.52. The van der Waals surface area contributed by atoms with Gasteiger partial charge in [-0.3, -0.25) is 0 Å². The zero-order valence-electron chi connectivity index (χ0n) is 14.9. The van der Waals surface area contributed by atoms with Crippen LogP contribution in [0.2, 0.25) is 0 Å². The van der Waals surface area contributed by atoms with Gasteiger partial charge in [0.25, 0.3) is 11.3 Å². The van der Waals surface area contributed by atoms with Crippen molar-refractivity contribution < 1.29 is 26.3 Å². The van der Waals surface area contributed by atoms with Crippen molar-refractivity contribution in [2.45, 2.75) is 6.18 Å². The van der Waals surface area contributed by atoms with Gasteiger partial charge >= 0.3 is 6.18 Å². The van der Waals surface area contributed by atoms with Crippen LogP contribution in [0.25, 0.3) is 27.4 Å². The van der Waals surface area contributed by atoms with E-state index >= 15 is 0 Å². The standard InChI is InChI=1S/C19H14F3N3O3S/c1-27-14-7-9-15-11(10-14)2-8-16-17(15)25(24-18(16)19(20,21)22)12-3-5-13(6-4-12)28-29(23)26/h2-10H,23H2,1H3. The summed E-state index contributed by atoms with van der Waals surface area (Å²) in [5.41, 5.74) is -0.286. The van der Waals surface area contributed by atoms with E-state index in [1.807, 2.05) is 0 Å². The van der Waals surface area contributed by atoms with E-state index in [1.165, 1.54) is 42.1 Å². The minimum Gasteiger partial charge on any atom is -0.497 e. The molecule has 4 rings (SSSR count). The van der Waals surface area contributed by atoms with Gasteiger partial charge in [-0.1, -0.05) is 6.07 Å². The molecule has 3 aromatic carbocycles. The lowest BCUT2D eigenvalue weighted by atomic mass is 10.1. The lowest BCUT2D eigenvalue weighted by molar-refractivity contribution is -0.140. The maximum absolute atomic E-state index is 13.6. The van der Waals surface area contributed by atoms with Crippen molar-refractivity contribution in [3.05, 3.63) is 60.3 Å². The van der Waals surface area contributed by atoms with Gasteiger partial charge in [0.2, 0.25) is 0 Å². The maximum atomic E-state index is 13.6. The van der Waals surface area contributed by atoms with Crippen molar-refractivity contribution in [2.24, 2.45) is 5.14 Å². The first-order chi connectivity index (χ1) is 13.8. The highest BCUT2D eigenvalue weighted by Gasteiger charge is 2.37. The first kappa shape index (κ1) is 19.2. The summed E-state index contributed by atoms with van der Waals surface area (Å²) in [6.45, 7) is 0. The quantitative estimate of drug-likeness (QED) is 0.538. The molecular weight excluding hydrogens is 407 g/mol. The van der Waals surface area contributed by atoms with Crippen molar-refractivity contribution >= 4 is 32.9 Å². The summed E-state index contributed by atoms with van der Waals surface area (Å²) in [5, 5.41) is 10.2. The van der Waals surface area contributed by atoms with E-state index in [2.05, 4.69) is 5.10 Å². The average Bonchev–Trinajstić information content (AvgIpc) is 3.08. The second kappa shape index (κ2) is 7.05. The summed E-state index contributed by atoms with van der Waals surface area (Å²) in [4.78, 5) is 0. The Morgan fingerprint density at radius 1 is 1.00 bits per heavy atom. The number of alkyl halides is 3. The molecule has 1 atom stereocenters. The van der Waals surface area contributed by atoms with E-state index in [0.717, 1.165) is 0 Å². The number of methoxy groups -OCH3 is 1. The predicted octanol–water partition coefficient (Wildman–Crippen LogP) is 4.12. The fourth-order valence-corrected chi connectivity index (χ4v) is 3.48.